The van der Waals surface area contributed by atoms with Crippen molar-refractivity contribution in [1.82, 2.24) is 5.32 Å². The fourth-order valence-electron chi connectivity index (χ4n) is 3.20. The zero-order valence-electron chi connectivity index (χ0n) is 13.1. The number of amides is 1. The molecule has 0 aromatic heterocycles. The lowest BCUT2D eigenvalue weighted by Crippen LogP contribution is -2.38. The average Bonchev–Trinajstić information content (AvgIpc) is 2.53. The first-order valence-corrected chi connectivity index (χ1v) is 8.15. The van der Waals surface area contributed by atoms with Gasteiger partial charge in [-0.2, -0.15) is 0 Å². The van der Waals surface area contributed by atoms with E-state index in [1.807, 2.05) is 37.3 Å². The van der Waals surface area contributed by atoms with Crippen LogP contribution in [0.4, 0.5) is 0 Å². The van der Waals surface area contributed by atoms with Crippen LogP contribution in [0.1, 0.15) is 56.9 Å². The van der Waals surface area contributed by atoms with Crippen LogP contribution in [0.3, 0.4) is 0 Å². The molecular weight excluding hydrogens is 278 g/mol. The Kier molecular flexibility index (Phi) is 5.99. The third kappa shape index (κ3) is 4.58. The van der Waals surface area contributed by atoms with Gasteiger partial charge in [0.05, 0.1) is 5.92 Å². The molecule has 4 heteroatoms. The van der Waals surface area contributed by atoms with Gasteiger partial charge in [-0.15, -0.1) is 0 Å². The van der Waals surface area contributed by atoms with Crippen LogP contribution < -0.4 is 5.32 Å². The van der Waals surface area contributed by atoms with Crippen molar-refractivity contribution in [3.63, 3.8) is 0 Å². The largest absolute Gasteiger partial charge is 0.481 e. The van der Waals surface area contributed by atoms with Gasteiger partial charge in [0.2, 0.25) is 5.91 Å². The predicted octanol–water partition coefficient (Wildman–Crippen LogP) is 3.33. The standard InChI is InChI=1S/C18H25NO3/c1-13(14-8-4-2-5-9-14)16(18(21)22)12-17(20)19-15-10-6-3-7-11-15/h2,4-5,8-9,13,15-16H,3,6-7,10-12H2,1H3,(H,19,20)(H,21,22)/t13-,16+/m1/s1. The van der Waals surface area contributed by atoms with Crippen molar-refractivity contribution < 1.29 is 14.7 Å². The van der Waals surface area contributed by atoms with Gasteiger partial charge in [0, 0.05) is 12.5 Å². The van der Waals surface area contributed by atoms with Crippen LogP contribution in [-0.2, 0) is 9.59 Å². The molecule has 1 aromatic carbocycles. The Morgan fingerprint density at radius 2 is 1.82 bits per heavy atom. The van der Waals surface area contributed by atoms with Crippen molar-refractivity contribution in [3.05, 3.63) is 35.9 Å². The summed E-state index contributed by atoms with van der Waals surface area (Å²) < 4.78 is 0. The van der Waals surface area contributed by atoms with Gasteiger partial charge in [-0.05, 0) is 24.3 Å². The van der Waals surface area contributed by atoms with Crippen molar-refractivity contribution in [2.45, 2.75) is 57.4 Å². The summed E-state index contributed by atoms with van der Waals surface area (Å²) in [5.41, 5.74) is 0.959. The number of hydrogen-bond donors (Lipinski definition) is 2. The molecule has 1 fully saturated rings. The van der Waals surface area contributed by atoms with Crippen LogP contribution in [0.2, 0.25) is 0 Å². The van der Waals surface area contributed by atoms with Crippen molar-refractivity contribution >= 4 is 11.9 Å². The van der Waals surface area contributed by atoms with Crippen LogP contribution in [0.25, 0.3) is 0 Å². The molecule has 2 atom stereocenters. The average molecular weight is 303 g/mol. The van der Waals surface area contributed by atoms with Crippen LogP contribution >= 0.6 is 0 Å². The highest BCUT2D eigenvalue weighted by atomic mass is 16.4. The zero-order chi connectivity index (χ0) is 15.9. The Morgan fingerprint density at radius 3 is 2.41 bits per heavy atom. The number of hydrogen-bond acceptors (Lipinski definition) is 2. The monoisotopic (exact) mass is 303 g/mol. The van der Waals surface area contributed by atoms with E-state index in [-0.39, 0.29) is 24.3 Å². The lowest BCUT2D eigenvalue weighted by molar-refractivity contribution is -0.144. The Morgan fingerprint density at radius 1 is 1.18 bits per heavy atom. The molecular formula is C18H25NO3. The Hall–Kier alpha value is -1.84. The minimum Gasteiger partial charge on any atom is -0.481 e. The minimum absolute atomic E-state index is 0.0435. The highest BCUT2D eigenvalue weighted by Gasteiger charge is 2.29. The second-order valence-electron chi connectivity index (χ2n) is 6.25. The molecule has 1 aromatic rings. The highest BCUT2D eigenvalue weighted by molar-refractivity contribution is 5.83. The molecule has 2 rings (SSSR count). The number of carboxylic acid groups (broad SMARTS) is 1. The summed E-state index contributed by atoms with van der Waals surface area (Å²) in [5, 5.41) is 12.5. The van der Waals surface area contributed by atoms with Gasteiger partial charge < -0.3 is 10.4 Å². The second-order valence-corrected chi connectivity index (χ2v) is 6.25. The van der Waals surface area contributed by atoms with Crippen molar-refractivity contribution in [1.29, 1.82) is 0 Å². The molecule has 0 saturated heterocycles. The van der Waals surface area contributed by atoms with E-state index in [0.717, 1.165) is 31.2 Å². The van der Waals surface area contributed by atoms with Gasteiger partial charge >= 0.3 is 5.97 Å². The Balaban J connectivity index is 1.96. The van der Waals surface area contributed by atoms with E-state index in [2.05, 4.69) is 5.32 Å². The molecule has 120 valence electrons. The van der Waals surface area contributed by atoms with E-state index in [1.54, 1.807) is 0 Å². The predicted molar refractivity (Wildman–Crippen MR) is 85.6 cm³/mol. The number of rotatable bonds is 6. The van der Waals surface area contributed by atoms with Gasteiger partial charge in [-0.1, -0.05) is 56.5 Å². The summed E-state index contributed by atoms with van der Waals surface area (Å²) in [5.74, 6) is -1.92. The third-order valence-corrected chi connectivity index (χ3v) is 4.62. The summed E-state index contributed by atoms with van der Waals surface area (Å²) in [6.45, 7) is 1.88. The van der Waals surface area contributed by atoms with E-state index in [0.29, 0.717) is 0 Å². The summed E-state index contributed by atoms with van der Waals surface area (Å²) in [6.07, 6.45) is 5.59. The van der Waals surface area contributed by atoms with Gasteiger partial charge in [-0.25, -0.2) is 0 Å². The van der Waals surface area contributed by atoms with E-state index in [4.69, 9.17) is 0 Å². The fraction of sp³-hybridized carbons (Fsp3) is 0.556. The van der Waals surface area contributed by atoms with E-state index < -0.39 is 11.9 Å². The number of carbonyl (C=O) groups excluding carboxylic acids is 1. The molecule has 0 heterocycles. The molecule has 4 nitrogen and oxygen atoms in total. The molecule has 0 bridgehead atoms. The number of carboxylic acids is 1. The first kappa shape index (κ1) is 16.5. The summed E-state index contributed by atoms with van der Waals surface area (Å²) in [6, 6.07) is 9.75. The summed E-state index contributed by atoms with van der Waals surface area (Å²) in [7, 11) is 0. The second kappa shape index (κ2) is 7.97. The van der Waals surface area contributed by atoms with Gasteiger partial charge in [0.15, 0.2) is 0 Å². The number of benzene rings is 1. The number of nitrogens with one attached hydrogen (secondary N) is 1. The van der Waals surface area contributed by atoms with Crippen molar-refractivity contribution in [2.24, 2.45) is 5.92 Å². The van der Waals surface area contributed by atoms with Crippen LogP contribution in [0.15, 0.2) is 30.3 Å². The van der Waals surface area contributed by atoms with E-state index in [9.17, 15) is 14.7 Å². The molecule has 0 radical (unpaired) electrons. The molecule has 1 saturated carbocycles. The zero-order valence-corrected chi connectivity index (χ0v) is 13.1. The van der Waals surface area contributed by atoms with Crippen LogP contribution in [-0.4, -0.2) is 23.0 Å². The van der Waals surface area contributed by atoms with Crippen molar-refractivity contribution in [2.75, 3.05) is 0 Å². The molecule has 1 aliphatic carbocycles. The fourth-order valence-corrected chi connectivity index (χ4v) is 3.20. The van der Waals surface area contributed by atoms with Crippen LogP contribution in [0, 0.1) is 5.92 Å². The maximum Gasteiger partial charge on any atom is 0.307 e. The maximum absolute atomic E-state index is 12.2. The van der Waals surface area contributed by atoms with E-state index in [1.165, 1.54) is 6.42 Å². The Labute approximate surface area is 131 Å². The summed E-state index contributed by atoms with van der Waals surface area (Å²) >= 11 is 0. The molecule has 1 amide bonds. The minimum atomic E-state index is -0.907. The third-order valence-electron chi connectivity index (χ3n) is 4.62. The van der Waals surface area contributed by atoms with Crippen LogP contribution in [0.5, 0.6) is 0 Å². The Bertz CT molecular complexity index is 494. The van der Waals surface area contributed by atoms with Gasteiger partial charge in [0.1, 0.15) is 0 Å². The van der Waals surface area contributed by atoms with Gasteiger partial charge in [0.25, 0.3) is 0 Å². The first-order valence-electron chi connectivity index (χ1n) is 8.15. The lowest BCUT2D eigenvalue weighted by Gasteiger charge is -2.25. The molecule has 22 heavy (non-hydrogen) atoms. The SMILES string of the molecule is C[C@H](c1ccccc1)[C@H](CC(=O)NC1CCCCC1)C(=O)O. The molecule has 0 aliphatic heterocycles. The molecule has 0 spiro atoms. The lowest BCUT2D eigenvalue weighted by atomic mass is 9.85. The number of carbonyl (C=O) groups is 2. The first-order chi connectivity index (χ1) is 10.6. The molecule has 0 unspecified atom stereocenters. The molecule has 2 N–H and O–H groups in total. The quantitative estimate of drug-likeness (QED) is 0.847. The van der Waals surface area contributed by atoms with E-state index >= 15 is 0 Å². The smallest absolute Gasteiger partial charge is 0.307 e. The summed E-state index contributed by atoms with van der Waals surface area (Å²) in [4.78, 5) is 23.7. The molecule has 1 aliphatic rings. The maximum atomic E-state index is 12.2. The highest BCUT2D eigenvalue weighted by Crippen LogP contribution is 2.27. The topological polar surface area (TPSA) is 66.4 Å². The van der Waals surface area contributed by atoms with Gasteiger partial charge in [-0.3, -0.25) is 9.59 Å². The normalized spacial score (nSPS) is 18.4. The number of aliphatic carboxylic acids is 1. The van der Waals surface area contributed by atoms with Crippen molar-refractivity contribution in [3.8, 4) is 0 Å².